The molecule has 0 radical (unpaired) electrons. The Kier molecular flexibility index (Phi) is 6.84. The number of rotatable bonds is 7. The fourth-order valence-electron chi connectivity index (χ4n) is 3.11. The molecule has 22 heavy (non-hydrogen) atoms. The van der Waals surface area contributed by atoms with Crippen molar-refractivity contribution in [1.82, 2.24) is 10.6 Å². The summed E-state index contributed by atoms with van der Waals surface area (Å²) >= 11 is 0. The maximum atomic E-state index is 13.1. The molecule has 0 bridgehead atoms. The number of nitrogens with one attached hydrogen (secondary N) is 2. The molecule has 1 aromatic rings. The number of benzene rings is 1. The van der Waals surface area contributed by atoms with Gasteiger partial charge in [-0.15, -0.1) is 0 Å². The summed E-state index contributed by atoms with van der Waals surface area (Å²) in [6.45, 7) is 5.00. The Labute approximate surface area is 132 Å². The molecule has 0 spiro atoms. The number of halogens is 1. The summed E-state index contributed by atoms with van der Waals surface area (Å²) in [7, 11) is 0. The lowest BCUT2D eigenvalue weighted by molar-refractivity contribution is -0.121. The van der Waals surface area contributed by atoms with Crippen molar-refractivity contribution in [2.45, 2.75) is 39.0 Å². The molecule has 2 N–H and O–H groups in total. The van der Waals surface area contributed by atoms with E-state index in [0.717, 1.165) is 38.0 Å². The van der Waals surface area contributed by atoms with Gasteiger partial charge in [0.15, 0.2) is 0 Å². The van der Waals surface area contributed by atoms with Crippen LogP contribution in [-0.2, 0) is 11.2 Å². The lowest BCUT2D eigenvalue weighted by Gasteiger charge is -2.22. The maximum Gasteiger partial charge on any atom is 0.220 e. The van der Waals surface area contributed by atoms with E-state index < -0.39 is 0 Å². The van der Waals surface area contributed by atoms with E-state index in [1.165, 1.54) is 18.9 Å². The highest BCUT2D eigenvalue weighted by atomic mass is 19.1. The molecule has 0 aromatic heterocycles. The third kappa shape index (κ3) is 6.14. The van der Waals surface area contributed by atoms with E-state index in [2.05, 4.69) is 10.6 Å². The molecule has 1 heterocycles. The van der Waals surface area contributed by atoms with Crippen LogP contribution in [0.3, 0.4) is 0 Å². The van der Waals surface area contributed by atoms with Crippen LogP contribution in [-0.4, -0.2) is 25.5 Å². The largest absolute Gasteiger partial charge is 0.356 e. The van der Waals surface area contributed by atoms with Crippen LogP contribution in [0.4, 0.5) is 4.39 Å². The predicted molar refractivity (Wildman–Crippen MR) is 87.1 cm³/mol. The van der Waals surface area contributed by atoms with E-state index in [0.29, 0.717) is 12.3 Å². The topological polar surface area (TPSA) is 41.1 Å². The van der Waals surface area contributed by atoms with Crippen LogP contribution >= 0.6 is 0 Å². The van der Waals surface area contributed by atoms with Gasteiger partial charge in [-0.3, -0.25) is 4.79 Å². The maximum absolute atomic E-state index is 13.1. The molecule has 1 aliphatic rings. The summed E-state index contributed by atoms with van der Waals surface area (Å²) in [6, 6.07) is 6.62. The highest BCUT2D eigenvalue weighted by Gasteiger charge is 2.14. The van der Waals surface area contributed by atoms with Crippen molar-refractivity contribution >= 4 is 5.91 Å². The normalized spacial score (nSPS) is 19.6. The van der Waals surface area contributed by atoms with E-state index in [1.807, 2.05) is 13.0 Å². The molecular formula is C18H27FN2O. The zero-order chi connectivity index (χ0) is 15.8. The molecule has 1 aliphatic heterocycles. The molecule has 2 unspecified atom stereocenters. The van der Waals surface area contributed by atoms with Gasteiger partial charge < -0.3 is 10.6 Å². The van der Waals surface area contributed by atoms with Gasteiger partial charge in [0.05, 0.1) is 0 Å². The molecule has 122 valence electrons. The Hall–Kier alpha value is -1.42. The second kappa shape index (κ2) is 8.89. The van der Waals surface area contributed by atoms with Crippen molar-refractivity contribution in [3.8, 4) is 0 Å². The number of carbonyl (C=O) groups excluding carboxylic acids is 1. The Bertz CT molecular complexity index is 472. The van der Waals surface area contributed by atoms with Crippen molar-refractivity contribution in [2.75, 3.05) is 19.6 Å². The van der Waals surface area contributed by atoms with Gasteiger partial charge in [0.2, 0.25) is 5.91 Å². The molecule has 2 atom stereocenters. The summed E-state index contributed by atoms with van der Waals surface area (Å²) in [6.07, 6.45) is 4.79. The highest BCUT2D eigenvalue weighted by molar-refractivity contribution is 5.76. The van der Waals surface area contributed by atoms with Crippen LogP contribution in [0.15, 0.2) is 24.3 Å². The van der Waals surface area contributed by atoms with Crippen molar-refractivity contribution in [2.24, 2.45) is 11.8 Å². The highest BCUT2D eigenvalue weighted by Crippen LogP contribution is 2.14. The second-order valence-electron chi connectivity index (χ2n) is 6.49. The number of piperidine rings is 1. The van der Waals surface area contributed by atoms with Gasteiger partial charge in [-0.1, -0.05) is 19.1 Å². The lowest BCUT2D eigenvalue weighted by Crippen LogP contribution is -2.33. The van der Waals surface area contributed by atoms with E-state index in [9.17, 15) is 9.18 Å². The van der Waals surface area contributed by atoms with Crippen LogP contribution in [0.2, 0.25) is 0 Å². The zero-order valence-corrected chi connectivity index (χ0v) is 13.4. The molecule has 1 saturated heterocycles. The third-order valence-corrected chi connectivity index (χ3v) is 4.28. The molecule has 3 nitrogen and oxygen atoms in total. The van der Waals surface area contributed by atoms with Gasteiger partial charge in [0.1, 0.15) is 5.82 Å². The fourth-order valence-corrected chi connectivity index (χ4v) is 3.11. The van der Waals surface area contributed by atoms with Gasteiger partial charge in [0.25, 0.3) is 0 Å². The Balaban J connectivity index is 1.63. The van der Waals surface area contributed by atoms with E-state index in [-0.39, 0.29) is 17.6 Å². The Morgan fingerprint density at radius 1 is 1.50 bits per heavy atom. The third-order valence-electron chi connectivity index (χ3n) is 4.28. The fraction of sp³-hybridized carbons (Fsp3) is 0.611. The summed E-state index contributed by atoms with van der Waals surface area (Å²) < 4.78 is 13.1. The van der Waals surface area contributed by atoms with Crippen molar-refractivity contribution in [3.05, 3.63) is 35.6 Å². The van der Waals surface area contributed by atoms with Gasteiger partial charge >= 0.3 is 0 Å². The smallest absolute Gasteiger partial charge is 0.220 e. The second-order valence-corrected chi connectivity index (χ2v) is 6.49. The van der Waals surface area contributed by atoms with Crippen LogP contribution in [0.25, 0.3) is 0 Å². The summed E-state index contributed by atoms with van der Waals surface area (Å²) in [4.78, 5) is 12.0. The van der Waals surface area contributed by atoms with Gasteiger partial charge in [-0.2, -0.15) is 0 Å². The standard InChI is InChI=1S/C18H27FN2O/c1-14(10-16-4-2-6-17(19)12-16)11-18(22)21-9-7-15-5-3-8-20-13-15/h2,4,6,12,14-15,20H,3,5,7-11,13H2,1H3,(H,21,22). The summed E-state index contributed by atoms with van der Waals surface area (Å²) in [5.41, 5.74) is 0.952. The number of carbonyl (C=O) groups is 1. The van der Waals surface area contributed by atoms with E-state index in [1.54, 1.807) is 12.1 Å². The number of hydrogen-bond donors (Lipinski definition) is 2. The van der Waals surface area contributed by atoms with Crippen molar-refractivity contribution in [3.63, 3.8) is 0 Å². The number of hydrogen-bond acceptors (Lipinski definition) is 2. The van der Waals surface area contributed by atoms with Gasteiger partial charge in [0, 0.05) is 13.0 Å². The Morgan fingerprint density at radius 3 is 3.09 bits per heavy atom. The zero-order valence-electron chi connectivity index (χ0n) is 13.4. The average Bonchev–Trinajstić information content (AvgIpc) is 2.48. The average molecular weight is 306 g/mol. The molecule has 1 amide bonds. The predicted octanol–water partition coefficient (Wildman–Crippen LogP) is 2.90. The minimum Gasteiger partial charge on any atom is -0.356 e. The molecule has 4 heteroatoms. The first-order valence-corrected chi connectivity index (χ1v) is 8.35. The number of amides is 1. The van der Waals surface area contributed by atoms with Crippen LogP contribution in [0.5, 0.6) is 0 Å². The van der Waals surface area contributed by atoms with E-state index >= 15 is 0 Å². The minimum absolute atomic E-state index is 0.104. The Morgan fingerprint density at radius 2 is 2.36 bits per heavy atom. The molecule has 1 aromatic carbocycles. The monoisotopic (exact) mass is 306 g/mol. The molecule has 1 fully saturated rings. The summed E-state index contributed by atoms with van der Waals surface area (Å²) in [5.74, 6) is 0.805. The molecular weight excluding hydrogens is 279 g/mol. The summed E-state index contributed by atoms with van der Waals surface area (Å²) in [5, 5.41) is 6.41. The quantitative estimate of drug-likeness (QED) is 0.813. The lowest BCUT2D eigenvalue weighted by atomic mass is 9.96. The minimum atomic E-state index is -0.213. The first-order chi connectivity index (χ1) is 10.6. The first-order valence-electron chi connectivity index (χ1n) is 8.35. The van der Waals surface area contributed by atoms with Gasteiger partial charge in [-0.05, 0) is 68.3 Å². The van der Waals surface area contributed by atoms with Crippen molar-refractivity contribution < 1.29 is 9.18 Å². The SMILES string of the molecule is CC(CC(=O)NCCC1CCCNC1)Cc1cccc(F)c1. The first kappa shape index (κ1) is 16.9. The molecule has 0 saturated carbocycles. The van der Waals surface area contributed by atoms with Crippen LogP contribution in [0, 0.1) is 17.7 Å². The van der Waals surface area contributed by atoms with E-state index in [4.69, 9.17) is 0 Å². The van der Waals surface area contributed by atoms with Crippen LogP contribution < -0.4 is 10.6 Å². The van der Waals surface area contributed by atoms with Gasteiger partial charge in [-0.25, -0.2) is 4.39 Å². The molecule has 2 rings (SSSR count). The van der Waals surface area contributed by atoms with Crippen molar-refractivity contribution in [1.29, 1.82) is 0 Å². The molecule has 0 aliphatic carbocycles. The van der Waals surface area contributed by atoms with Crippen LogP contribution in [0.1, 0.15) is 38.2 Å².